The molecule has 0 atom stereocenters. The van der Waals surface area contributed by atoms with Crippen LogP contribution in [0, 0.1) is 32.6 Å². The smallest absolute Gasteiger partial charge is 0.136 e. The van der Waals surface area contributed by atoms with E-state index in [0.29, 0.717) is 5.92 Å². The first-order valence-electron chi connectivity index (χ1n) is 16.6. The molecule has 1 aliphatic carbocycles. The van der Waals surface area contributed by atoms with Crippen LogP contribution in [0.3, 0.4) is 0 Å². The van der Waals surface area contributed by atoms with Gasteiger partial charge in [-0.1, -0.05) is 138 Å². The van der Waals surface area contributed by atoms with E-state index in [1.165, 1.54) is 54.4 Å². The third-order valence-electron chi connectivity index (χ3n) is 7.32. The Bertz CT molecular complexity index is 1280. The van der Waals surface area contributed by atoms with Crippen molar-refractivity contribution in [2.45, 2.75) is 115 Å². The molecule has 1 heterocycles. The van der Waals surface area contributed by atoms with Crippen LogP contribution in [0.15, 0.2) is 102 Å². The number of halogens is 1. The highest BCUT2D eigenvalue weighted by Crippen LogP contribution is 2.22. The van der Waals surface area contributed by atoms with Crippen LogP contribution < -0.4 is 0 Å². The molecule has 0 radical (unpaired) electrons. The van der Waals surface area contributed by atoms with Gasteiger partial charge in [0.2, 0.25) is 0 Å². The van der Waals surface area contributed by atoms with E-state index >= 15 is 0 Å². The van der Waals surface area contributed by atoms with Crippen LogP contribution in [0.4, 0.5) is 0 Å². The number of nitrogens with zero attached hydrogens (tertiary/aromatic N) is 2. The first kappa shape index (κ1) is 41.9. The van der Waals surface area contributed by atoms with E-state index in [4.69, 9.17) is 11.6 Å². The molecule has 1 aliphatic rings. The summed E-state index contributed by atoms with van der Waals surface area (Å²) in [6.07, 6.45) is 14.5. The van der Waals surface area contributed by atoms with Crippen molar-refractivity contribution in [2.24, 2.45) is 16.8 Å². The molecule has 0 bridgehead atoms. The summed E-state index contributed by atoms with van der Waals surface area (Å²) in [5.74, 6) is 2.60. The number of hydrogen-bond donors (Lipinski definition) is 0. The maximum Gasteiger partial charge on any atom is 0.136 e. The van der Waals surface area contributed by atoms with Crippen molar-refractivity contribution >= 4 is 23.1 Å². The minimum absolute atomic E-state index is 0.657. The lowest BCUT2D eigenvalue weighted by Crippen LogP contribution is -1.99. The molecule has 0 aliphatic heterocycles. The molecule has 0 saturated heterocycles. The number of aromatic nitrogens is 1. The van der Waals surface area contributed by atoms with E-state index < -0.39 is 0 Å². The molecule has 0 N–H and O–H groups in total. The fraction of sp³-hybridized carbons (Fsp3) is 0.452. The molecular weight excluding hydrogens is 568 g/mol. The zero-order valence-corrected chi connectivity index (χ0v) is 31.3. The second-order valence-electron chi connectivity index (χ2n) is 12.8. The van der Waals surface area contributed by atoms with Crippen LogP contribution in [0.2, 0.25) is 5.02 Å². The first-order chi connectivity index (χ1) is 21.2. The zero-order chi connectivity index (χ0) is 34.4. The summed E-state index contributed by atoms with van der Waals surface area (Å²) < 4.78 is 1.97. The van der Waals surface area contributed by atoms with Gasteiger partial charge < -0.3 is 4.57 Å². The second kappa shape index (κ2) is 24.2. The second-order valence-corrected chi connectivity index (χ2v) is 13.2. The van der Waals surface area contributed by atoms with Gasteiger partial charge in [-0.25, -0.2) is 4.99 Å². The Balaban J connectivity index is 0.000000556. The minimum Gasteiger partial charge on any atom is -0.309 e. The normalized spacial score (nSPS) is 12.5. The summed E-state index contributed by atoms with van der Waals surface area (Å²) in [6.45, 7) is 30.5. The summed E-state index contributed by atoms with van der Waals surface area (Å²) in [5, 5.41) is 0.856. The average Bonchev–Trinajstić information content (AvgIpc) is 3.52. The molecule has 4 rings (SSSR count). The van der Waals surface area contributed by atoms with Crippen LogP contribution in [0.25, 0.3) is 5.82 Å². The van der Waals surface area contributed by atoms with Gasteiger partial charge in [0.25, 0.3) is 0 Å². The standard InChI is InChI=1S/C12H16N2.C9H12.C8H9Cl.C7H14.C6H12/c1-10(2)9-12(13-11(3)4)14-7-5-6-8-14;1-3-9-6-4-8(2)5-7-9;1-6-3-4-7(2)8(9)5-6;1-7-5-3-2-4-6-7;1-5(2)6(3)4/h5-9H,1H2,2-4H3;4-7H,3H2,1-2H3;3-5H,1-2H3;7H,2-6H2,1H3;6H,1H2,2-4H3/b12-9+;;;;. The molecule has 1 aromatic heterocycles. The Morgan fingerprint density at radius 3 is 1.76 bits per heavy atom. The number of benzene rings is 2. The topological polar surface area (TPSA) is 17.3 Å². The molecule has 1 fully saturated rings. The largest absolute Gasteiger partial charge is 0.309 e. The Kier molecular flexibility index (Phi) is 22.5. The van der Waals surface area contributed by atoms with Gasteiger partial charge in [-0.15, -0.1) is 0 Å². The highest BCUT2D eigenvalue weighted by Gasteiger charge is 2.06. The predicted octanol–water partition coefficient (Wildman–Crippen LogP) is 13.7. The molecular formula is C42H63ClN2. The summed E-state index contributed by atoms with van der Waals surface area (Å²) in [6, 6.07) is 18.7. The lowest BCUT2D eigenvalue weighted by Gasteiger charge is -2.15. The lowest BCUT2D eigenvalue weighted by atomic mass is 9.91. The van der Waals surface area contributed by atoms with Crippen molar-refractivity contribution in [1.29, 1.82) is 0 Å². The maximum absolute atomic E-state index is 5.81. The van der Waals surface area contributed by atoms with Crippen molar-refractivity contribution in [1.82, 2.24) is 4.57 Å². The zero-order valence-electron chi connectivity index (χ0n) is 30.5. The fourth-order valence-electron chi connectivity index (χ4n) is 3.93. The molecule has 2 aromatic carbocycles. The number of rotatable bonds is 5. The Labute approximate surface area is 283 Å². The van der Waals surface area contributed by atoms with Gasteiger partial charge >= 0.3 is 0 Å². The molecule has 2 nitrogen and oxygen atoms in total. The van der Waals surface area contributed by atoms with E-state index in [1.54, 1.807) is 0 Å². The van der Waals surface area contributed by atoms with Crippen molar-refractivity contribution in [3.63, 3.8) is 0 Å². The third kappa shape index (κ3) is 22.1. The summed E-state index contributed by atoms with van der Waals surface area (Å²) >= 11 is 5.81. The molecule has 0 spiro atoms. The van der Waals surface area contributed by atoms with Crippen LogP contribution in [0.1, 0.15) is 110 Å². The van der Waals surface area contributed by atoms with Gasteiger partial charge in [0, 0.05) is 23.1 Å². The van der Waals surface area contributed by atoms with E-state index in [-0.39, 0.29) is 0 Å². The van der Waals surface area contributed by atoms with Gasteiger partial charge in [-0.2, -0.15) is 0 Å². The van der Waals surface area contributed by atoms with Gasteiger partial charge in [0.1, 0.15) is 5.82 Å². The highest BCUT2D eigenvalue weighted by molar-refractivity contribution is 6.31. The van der Waals surface area contributed by atoms with Crippen molar-refractivity contribution in [3.8, 4) is 0 Å². The summed E-state index contributed by atoms with van der Waals surface area (Å²) in [7, 11) is 0. The van der Waals surface area contributed by atoms with Crippen molar-refractivity contribution in [3.05, 3.63) is 125 Å². The number of aliphatic imine (C=N–C) groups is 1. The molecule has 248 valence electrons. The Morgan fingerprint density at radius 2 is 1.40 bits per heavy atom. The Hall–Kier alpha value is -3.10. The van der Waals surface area contributed by atoms with Gasteiger partial charge in [-0.3, -0.25) is 0 Å². The molecule has 0 amide bonds. The van der Waals surface area contributed by atoms with Crippen molar-refractivity contribution < 1.29 is 0 Å². The van der Waals surface area contributed by atoms with Gasteiger partial charge in [-0.05, 0) is 108 Å². The quantitative estimate of drug-likeness (QED) is 0.152. The first-order valence-corrected chi connectivity index (χ1v) is 17.0. The van der Waals surface area contributed by atoms with Crippen molar-refractivity contribution in [2.75, 3.05) is 0 Å². The minimum atomic E-state index is 0.657. The van der Waals surface area contributed by atoms with Crippen LogP contribution in [0.5, 0.6) is 0 Å². The van der Waals surface area contributed by atoms with Crippen LogP contribution in [-0.4, -0.2) is 10.3 Å². The Morgan fingerprint density at radius 1 is 0.889 bits per heavy atom. The molecule has 1 saturated carbocycles. The molecule has 3 aromatic rings. The highest BCUT2D eigenvalue weighted by atomic mass is 35.5. The average molecular weight is 631 g/mol. The fourth-order valence-corrected chi connectivity index (χ4v) is 4.16. The van der Waals surface area contributed by atoms with Crippen LogP contribution >= 0.6 is 11.6 Å². The molecule has 45 heavy (non-hydrogen) atoms. The van der Waals surface area contributed by atoms with E-state index in [9.17, 15) is 0 Å². The van der Waals surface area contributed by atoms with Gasteiger partial charge in [0.15, 0.2) is 0 Å². The monoisotopic (exact) mass is 630 g/mol. The summed E-state index contributed by atoms with van der Waals surface area (Å²) in [5.41, 5.74) is 8.40. The van der Waals surface area contributed by atoms with E-state index in [0.717, 1.165) is 40.0 Å². The lowest BCUT2D eigenvalue weighted by molar-refractivity contribution is 0.385. The third-order valence-corrected chi connectivity index (χ3v) is 7.73. The summed E-state index contributed by atoms with van der Waals surface area (Å²) in [4.78, 5) is 4.44. The number of aryl methyl sites for hydroxylation is 4. The molecule has 3 heteroatoms. The molecule has 0 unspecified atom stereocenters. The number of hydrogen-bond acceptors (Lipinski definition) is 1. The predicted molar refractivity (Wildman–Crippen MR) is 206 cm³/mol. The van der Waals surface area contributed by atoms with E-state index in [2.05, 4.69) is 83.1 Å². The van der Waals surface area contributed by atoms with Crippen LogP contribution in [-0.2, 0) is 6.42 Å². The SMILES string of the molecule is C=C(C)/C=C(\N=C(C)C)n1cccc1.C=C(C)C(C)C.CC1CCCCC1.CCc1ccc(C)cc1.Cc1ccc(C)c(Cl)c1. The maximum atomic E-state index is 5.81. The number of allylic oxidation sites excluding steroid dienone is 3. The van der Waals surface area contributed by atoms with E-state index in [1.807, 2.05) is 88.8 Å². The van der Waals surface area contributed by atoms with Gasteiger partial charge in [0.05, 0.1) is 0 Å².